The molecule has 11 heteroatoms. The van der Waals surface area contributed by atoms with Crippen molar-refractivity contribution in [3.05, 3.63) is 0 Å². The first-order valence-electron chi connectivity index (χ1n) is 15.0. The number of aliphatic hydroxyl groups excluding tert-OH is 3. The van der Waals surface area contributed by atoms with E-state index in [-0.39, 0.29) is 25.2 Å². The molecule has 2 rings (SSSR count). The number of rotatable bonds is 4. The molecule has 0 bridgehead atoms. The van der Waals surface area contributed by atoms with Crippen molar-refractivity contribution in [2.45, 2.75) is 147 Å². The number of ether oxygens (including phenoxy) is 4. The van der Waals surface area contributed by atoms with Crippen molar-refractivity contribution in [1.29, 1.82) is 0 Å². The molecule has 2 aliphatic heterocycles. The molecule has 41 heavy (non-hydrogen) atoms. The third-order valence-electron chi connectivity index (χ3n) is 9.70. The van der Waals surface area contributed by atoms with E-state index in [2.05, 4.69) is 0 Å². The summed E-state index contributed by atoms with van der Waals surface area (Å²) in [6.07, 6.45) is -6.32. The van der Waals surface area contributed by atoms with Gasteiger partial charge in [-0.3, -0.25) is 4.79 Å². The summed E-state index contributed by atoms with van der Waals surface area (Å²) in [5.74, 6) is -2.49. The Bertz CT molecular complexity index is 855. The van der Waals surface area contributed by atoms with E-state index in [4.69, 9.17) is 18.9 Å². The highest BCUT2D eigenvalue weighted by molar-refractivity contribution is 5.73. The fraction of sp³-hybridized carbons (Fsp3) is 0.967. The highest BCUT2D eigenvalue weighted by atomic mass is 16.7. The van der Waals surface area contributed by atoms with Crippen molar-refractivity contribution in [2.24, 2.45) is 17.8 Å². The third-order valence-corrected chi connectivity index (χ3v) is 9.70. The Hall–Kier alpha value is -0.890. The Morgan fingerprint density at radius 2 is 1.56 bits per heavy atom. The first-order chi connectivity index (χ1) is 18.7. The molecular formula is C30H57NO10. The van der Waals surface area contributed by atoms with Crippen LogP contribution in [0.15, 0.2) is 0 Å². The van der Waals surface area contributed by atoms with E-state index in [0.29, 0.717) is 6.54 Å². The average molecular weight is 592 g/mol. The molecule has 0 aromatic heterocycles. The molecule has 14 atom stereocenters. The van der Waals surface area contributed by atoms with Gasteiger partial charge in [0.1, 0.15) is 23.9 Å². The normalized spacial score (nSPS) is 50.0. The zero-order valence-corrected chi connectivity index (χ0v) is 26.9. The van der Waals surface area contributed by atoms with Crippen LogP contribution in [-0.4, -0.2) is 123 Å². The Kier molecular flexibility index (Phi) is 12.2. The smallest absolute Gasteiger partial charge is 0.311 e. The molecule has 0 amide bonds. The Morgan fingerprint density at radius 1 is 0.976 bits per heavy atom. The Balaban J connectivity index is 2.53. The van der Waals surface area contributed by atoms with Crippen LogP contribution in [0.3, 0.4) is 0 Å². The molecule has 0 aromatic carbocycles. The summed E-state index contributed by atoms with van der Waals surface area (Å²) in [7, 11) is 3.32. The summed E-state index contributed by atoms with van der Waals surface area (Å²) >= 11 is 0. The monoisotopic (exact) mass is 591 g/mol. The van der Waals surface area contributed by atoms with Crippen molar-refractivity contribution in [2.75, 3.05) is 20.7 Å². The molecule has 0 aromatic rings. The molecule has 2 saturated heterocycles. The number of hydrogen-bond acceptors (Lipinski definition) is 11. The van der Waals surface area contributed by atoms with Crippen LogP contribution in [0.5, 0.6) is 0 Å². The molecule has 0 aliphatic carbocycles. The van der Waals surface area contributed by atoms with E-state index in [1.807, 2.05) is 18.9 Å². The number of cyclic esters (lactones) is 1. The van der Waals surface area contributed by atoms with Crippen LogP contribution >= 0.6 is 0 Å². The fourth-order valence-corrected chi connectivity index (χ4v) is 6.68. The van der Waals surface area contributed by atoms with E-state index in [0.717, 1.165) is 0 Å². The third kappa shape index (κ3) is 7.99. The first kappa shape index (κ1) is 36.3. The molecule has 242 valence electrons. The van der Waals surface area contributed by atoms with Gasteiger partial charge in [0.25, 0.3) is 0 Å². The van der Waals surface area contributed by atoms with E-state index < -0.39 is 83.6 Å². The lowest BCUT2D eigenvalue weighted by Crippen LogP contribution is -2.59. The maximum atomic E-state index is 13.6. The summed E-state index contributed by atoms with van der Waals surface area (Å²) in [6.45, 7) is 15.8. The molecular weight excluding hydrogens is 534 g/mol. The topological polar surface area (TPSA) is 158 Å². The lowest BCUT2D eigenvalue weighted by molar-refractivity contribution is -0.299. The Morgan fingerprint density at radius 3 is 2.10 bits per heavy atom. The van der Waals surface area contributed by atoms with Crippen LogP contribution < -0.4 is 0 Å². The average Bonchev–Trinajstić information content (AvgIpc) is 2.89. The summed E-state index contributed by atoms with van der Waals surface area (Å²) in [6, 6.07) is -0.497. The van der Waals surface area contributed by atoms with Gasteiger partial charge in [0, 0.05) is 32.0 Å². The zero-order chi connectivity index (χ0) is 31.7. The lowest BCUT2D eigenvalue weighted by atomic mass is 9.78. The number of methoxy groups -OCH3 is 1. The second-order valence-electron chi connectivity index (χ2n) is 13.5. The van der Waals surface area contributed by atoms with Crippen molar-refractivity contribution in [3.63, 3.8) is 0 Å². The van der Waals surface area contributed by atoms with Crippen molar-refractivity contribution in [1.82, 2.24) is 4.90 Å². The predicted octanol–water partition coefficient (Wildman–Crippen LogP) is 1.45. The fourth-order valence-electron chi connectivity index (χ4n) is 6.68. The van der Waals surface area contributed by atoms with Gasteiger partial charge in [-0.1, -0.05) is 20.8 Å². The number of esters is 1. The quantitative estimate of drug-likeness (QED) is 0.301. The number of carbonyl (C=O) groups is 1. The van der Waals surface area contributed by atoms with Crippen LogP contribution in [0.4, 0.5) is 0 Å². The van der Waals surface area contributed by atoms with Gasteiger partial charge in [-0.15, -0.1) is 0 Å². The van der Waals surface area contributed by atoms with Gasteiger partial charge in [0.05, 0.1) is 35.4 Å². The highest BCUT2D eigenvalue weighted by Gasteiger charge is 2.50. The molecule has 0 spiro atoms. The molecule has 1 unspecified atom stereocenters. The highest BCUT2D eigenvalue weighted by Crippen LogP contribution is 2.37. The van der Waals surface area contributed by atoms with Crippen molar-refractivity contribution >= 4 is 5.97 Å². The second kappa shape index (κ2) is 13.8. The number of hydrogen-bond donors (Lipinski definition) is 5. The van der Waals surface area contributed by atoms with Crippen molar-refractivity contribution < 1.29 is 49.3 Å². The number of carbonyl (C=O) groups excluding carboxylic acids is 1. The second-order valence-corrected chi connectivity index (χ2v) is 13.5. The van der Waals surface area contributed by atoms with E-state index in [1.165, 1.54) is 14.0 Å². The molecule has 5 N–H and O–H groups in total. The standard InChI is InChI=1S/C30H57NO10/c1-12-21-30(9,37)25(33)19(5)31(10)15-16(2)13-28(7,36)24(32)17(3)23(18(4)27(35)40-21)41-22-14-29(8,38-11)26(34)20(6)39-22/h16-26,32-34,36-37H,12-15H2,1-11H3/t16-,17+,18-,19-,20+,21-,22+,23+,24?,25-,26+,28-,29-,30-/m1/s1. The van der Waals surface area contributed by atoms with Crippen LogP contribution in [-0.2, 0) is 23.7 Å². The van der Waals surface area contributed by atoms with E-state index >= 15 is 0 Å². The van der Waals surface area contributed by atoms with Gasteiger partial charge in [-0.05, 0) is 67.3 Å². The van der Waals surface area contributed by atoms with Crippen LogP contribution in [0.2, 0.25) is 0 Å². The first-order valence-corrected chi connectivity index (χ1v) is 15.0. The molecule has 2 aliphatic rings. The number of likely N-dealkylation sites (N-methyl/N-ethyl adjacent to an activating group) is 1. The summed E-state index contributed by atoms with van der Waals surface area (Å²) in [4.78, 5) is 15.5. The molecule has 2 fully saturated rings. The van der Waals surface area contributed by atoms with E-state index in [1.54, 1.807) is 48.5 Å². The van der Waals surface area contributed by atoms with Crippen LogP contribution in [0.25, 0.3) is 0 Å². The van der Waals surface area contributed by atoms with Gasteiger partial charge >= 0.3 is 5.97 Å². The molecule has 2 heterocycles. The summed E-state index contributed by atoms with van der Waals surface area (Å²) in [5.41, 5.74) is -4.27. The molecule has 0 saturated carbocycles. The zero-order valence-electron chi connectivity index (χ0n) is 26.9. The Labute approximate surface area is 246 Å². The lowest BCUT2D eigenvalue weighted by Gasteiger charge is -2.46. The largest absolute Gasteiger partial charge is 0.459 e. The van der Waals surface area contributed by atoms with E-state index in [9.17, 15) is 30.3 Å². The minimum atomic E-state index is -1.76. The summed E-state index contributed by atoms with van der Waals surface area (Å²) < 4.78 is 23.8. The maximum absolute atomic E-state index is 13.6. The predicted molar refractivity (Wildman–Crippen MR) is 153 cm³/mol. The van der Waals surface area contributed by atoms with Gasteiger partial charge in [0.2, 0.25) is 0 Å². The van der Waals surface area contributed by atoms with Gasteiger partial charge in [0.15, 0.2) is 6.29 Å². The van der Waals surface area contributed by atoms with Crippen LogP contribution in [0.1, 0.15) is 81.6 Å². The van der Waals surface area contributed by atoms with Gasteiger partial charge in [-0.2, -0.15) is 0 Å². The van der Waals surface area contributed by atoms with Crippen molar-refractivity contribution in [3.8, 4) is 0 Å². The van der Waals surface area contributed by atoms with Gasteiger partial charge in [-0.25, -0.2) is 0 Å². The minimum absolute atomic E-state index is 0.0929. The maximum Gasteiger partial charge on any atom is 0.311 e. The summed E-state index contributed by atoms with van der Waals surface area (Å²) in [5, 5.41) is 56.3. The van der Waals surface area contributed by atoms with Crippen LogP contribution in [0, 0.1) is 17.8 Å². The molecule has 0 radical (unpaired) electrons. The number of aliphatic hydroxyl groups is 5. The SMILES string of the molecule is CC[C@H]1OC(=O)[C@H](C)[C@@H](O[C@H]2C[C@@](C)(OC)[C@@H](O)[C@H](C)O2)[C@H](C)C(O)[C@](C)(O)C[C@@H](C)CN(C)[C@H](C)[C@@H](O)[C@]1(C)O. The minimum Gasteiger partial charge on any atom is -0.459 e. The number of nitrogens with zero attached hydrogens (tertiary/aromatic N) is 1. The van der Waals surface area contributed by atoms with Gasteiger partial charge < -0.3 is 49.4 Å². The molecule has 11 nitrogen and oxygen atoms in total.